The summed E-state index contributed by atoms with van der Waals surface area (Å²) < 4.78 is 0. The number of fused-ring (bicyclic) bond motifs is 3. The summed E-state index contributed by atoms with van der Waals surface area (Å²) in [6, 6.07) is 2.21. The first-order valence-corrected chi connectivity index (χ1v) is 9.78. The Hall–Kier alpha value is -1.20. The maximum Gasteiger partial charge on any atom is 0.243 e. The van der Waals surface area contributed by atoms with Gasteiger partial charge in [0.1, 0.15) is 0 Å². The van der Waals surface area contributed by atoms with Crippen LogP contribution in [0.15, 0.2) is 16.5 Å². The van der Waals surface area contributed by atoms with Gasteiger partial charge < -0.3 is 4.90 Å². The maximum atomic E-state index is 12.4. The molecule has 0 fully saturated rings. The third kappa shape index (κ3) is 3.66. The number of nitrogens with zero attached hydrogens (tertiary/aromatic N) is 3. The van der Waals surface area contributed by atoms with Crippen LogP contribution >= 0.6 is 11.3 Å². The van der Waals surface area contributed by atoms with E-state index in [1.807, 2.05) is 0 Å². The molecule has 4 nitrogen and oxygen atoms in total. The molecule has 0 aromatic carbocycles. The third-order valence-electron chi connectivity index (χ3n) is 5.05. The smallest absolute Gasteiger partial charge is 0.243 e. The molecule has 0 saturated heterocycles. The lowest BCUT2D eigenvalue weighted by Crippen LogP contribution is -2.39. The van der Waals surface area contributed by atoms with Crippen LogP contribution in [-0.2, 0) is 11.2 Å². The number of thiophene rings is 1. The minimum atomic E-state index is 0.210. The van der Waals surface area contributed by atoms with Gasteiger partial charge in [0.25, 0.3) is 0 Å². The van der Waals surface area contributed by atoms with Crippen molar-refractivity contribution in [2.24, 2.45) is 11.0 Å². The normalized spacial score (nSPS) is 20.5. The van der Waals surface area contributed by atoms with Crippen molar-refractivity contribution in [3.8, 4) is 0 Å². The number of hydrogen-bond donors (Lipinski definition) is 0. The first-order chi connectivity index (χ1) is 11.2. The molecule has 2 heterocycles. The summed E-state index contributed by atoms with van der Waals surface area (Å²) in [4.78, 5) is 16.1. The molecule has 0 saturated carbocycles. The van der Waals surface area contributed by atoms with E-state index in [4.69, 9.17) is 5.10 Å². The van der Waals surface area contributed by atoms with E-state index >= 15 is 0 Å². The zero-order valence-corrected chi connectivity index (χ0v) is 15.1. The van der Waals surface area contributed by atoms with E-state index in [1.54, 1.807) is 16.3 Å². The molecule has 5 heteroatoms. The van der Waals surface area contributed by atoms with Crippen molar-refractivity contribution in [3.05, 3.63) is 21.9 Å². The number of unbranched alkanes of at least 4 members (excludes halogenated alkanes) is 1. The molecular formula is C18H27N3OS. The predicted octanol–water partition coefficient (Wildman–Crippen LogP) is 3.37. The lowest BCUT2D eigenvalue weighted by Gasteiger charge is -2.32. The average molecular weight is 334 g/mol. The highest BCUT2D eigenvalue weighted by molar-refractivity contribution is 7.12. The second kappa shape index (κ2) is 7.58. The minimum Gasteiger partial charge on any atom is -0.304 e. The van der Waals surface area contributed by atoms with Crippen LogP contribution in [0.3, 0.4) is 0 Å². The van der Waals surface area contributed by atoms with Gasteiger partial charge in [-0.3, -0.25) is 4.79 Å². The van der Waals surface area contributed by atoms with Crippen molar-refractivity contribution in [3.63, 3.8) is 0 Å². The van der Waals surface area contributed by atoms with Crippen molar-refractivity contribution in [1.29, 1.82) is 0 Å². The molecule has 1 aromatic heterocycles. The van der Waals surface area contributed by atoms with E-state index in [-0.39, 0.29) is 5.91 Å². The van der Waals surface area contributed by atoms with Gasteiger partial charge in [0.05, 0.1) is 10.6 Å². The standard InChI is InChI=1S/C18H27N3OS/c1-3-20(4-2)10-5-6-11-21-16(22)13-15-8-7-14-9-12-23-18(14)17(15)19-21/h9,12,15H,3-8,10-11,13H2,1-2H3. The summed E-state index contributed by atoms with van der Waals surface area (Å²) in [5, 5.41) is 8.64. The van der Waals surface area contributed by atoms with Gasteiger partial charge in [0.15, 0.2) is 0 Å². The Morgan fingerprint density at radius 3 is 2.96 bits per heavy atom. The monoisotopic (exact) mass is 333 g/mol. The van der Waals surface area contributed by atoms with E-state index in [0.29, 0.717) is 12.3 Å². The Kier molecular flexibility index (Phi) is 5.49. The fourth-order valence-electron chi connectivity index (χ4n) is 3.55. The number of rotatable bonds is 7. The van der Waals surface area contributed by atoms with E-state index in [9.17, 15) is 4.79 Å². The van der Waals surface area contributed by atoms with Gasteiger partial charge >= 0.3 is 0 Å². The zero-order valence-electron chi connectivity index (χ0n) is 14.3. The topological polar surface area (TPSA) is 35.9 Å². The van der Waals surface area contributed by atoms with Crippen molar-refractivity contribution in [2.45, 2.75) is 46.0 Å². The molecule has 126 valence electrons. The molecule has 0 spiro atoms. The molecule has 23 heavy (non-hydrogen) atoms. The summed E-state index contributed by atoms with van der Waals surface area (Å²) in [7, 11) is 0. The molecule has 1 aliphatic heterocycles. The lowest BCUT2D eigenvalue weighted by molar-refractivity contribution is -0.132. The molecule has 1 atom stereocenters. The van der Waals surface area contributed by atoms with Crippen LogP contribution < -0.4 is 0 Å². The third-order valence-corrected chi connectivity index (χ3v) is 6.03. The number of hydrazone groups is 1. The predicted molar refractivity (Wildman–Crippen MR) is 96.0 cm³/mol. The molecule has 1 amide bonds. The largest absolute Gasteiger partial charge is 0.304 e. The number of aryl methyl sites for hydroxylation is 1. The van der Waals surface area contributed by atoms with Gasteiger partial charge in [-0.15, -0.1) is 11.3 Å². The molecule has 0 radical (unpaired) electrons. The van der Waals surface area contributed by atoms with Crippen LogP contribution in [0.25, 0.3) is 0 Å². The van der Waals surface area contributed by atoms with Crippen LogP contribution in [0, 0.1) is 5.92 Å². The van der Waals surface area contributed by atoms with E-state index in [2.05, 4.69) is 30.2 Å². The zero-order chi connectivity index (χ0) is 16.2. The summed E-state index contributed by atoms with van der Waals surface area (Å²) in [6.45, 7) is 8.48. The van der Waals surface area contributed by atoms with Crippen LogP contribution in [0.5, 0.6) is 0 Å². The first-order valence-electron chi connectivity index (χ1n) is 8.90. The van der Waals surface area contributed by atoms with Crippen LogP contribution in [0.4, 0.5) is 0 Å². The van der Waals surface area contributed by atoms with Crippen LogP contribution in [-0.4, -0.2) is 47.7 Å². The van der Waals surface area contributed by atoms with Gasteiger partial charge in [0, 0.05) is 18.9 Å². The highest BCUT2D eigenvalue weighted by Crippen LogP contribution is 2.34. The molecule has 1 aliphatic carbocycles. The highest BCUT2D eigenvalue weighted by Gasteiger charge is 2.34. The van der Waals surface area contributed by atoms with Gasteiger partial charge in [-0.05, 0) is 62.3 Å². The minimum absolute atomic E-state index is 0.210. The number of carbonyl (C=O) groups excluding carboxylic acids is 1. The molecule has 1 aromatic rings. The van der Waals surface area contributed by atoms with Gasteiger partial charge in [-0.25, -0.2) is 5.01 Å². The quantitative estimate of drug-likeness (QED) is 0.717. The Morgan fingerprint density at radius 2 is 2.17 bits per heavy atom. The van der Waals surface area contributed by atoms with E-state index in [0.717, 1.165) is 51.9 Å². The molecule has 2 aliphatic rings. The number of carbonyl (C=O) groups is 1. The lowest BCUT2D eigenvalue weighted by atomic mass is 9.84. The Balaban J connectivity index is 1.60. The Morgan fingerprint density at radius 1 is 1.35 bits per heavy atom. The van der Waals surface area contributed by atoms with E-state index < -0.39 is 0 Å². The van der Waals surface area contributed by atoms with Crippen molar-refractivity contribution in [2.75, 3.05) is 26.2 Å². The number of amides is 1. The summed E-state index contributed by atoms with van der Waals surface area (Å²) >= 11 is 1.78. The Bertz CT molecular complexity index is 577. The Labute approximate surface area is 143 Å². The fourth-order valence-corrected chi connectivity index (χ4v) is 4.57. The van der Waals surface area contributed by atoms with Crippen molar-refractivity contribution < 1.29 is 4.79 Å². The fraction of sp³-hybridized carbons (Fsp3) is 0.667. The van der Waals surface area contributed by atoms with Crippen molar-refractivity contribution >= 4 is 23.0 Å². The number of hydrogen-bond acceptors (Lipinski definition) is 4. The van der Waals surface area contributed by atoms with Crippen LogP contribution in [0.1, 0.15) is 50.0 Å². The second-order valence-electron chi connectivity index (χ2n) is 6.45. The van der Waals surface area contributed by atoms with Gasteiger partial charge in [-0.2, -0.15) is 5.10 Å². The summed E-state index contributed by atoms with van der Waals surface area (Å²) in [6.07, 6.45) is 4.97. The van der Waals surface area contributed by atoms with Gasteiger partial charge in [-0.1, -0.05) is 13.8 Å². The van der Waals surface area contributed by atoms with Crippen LogP contribution in [0.2, 0.25) is 0 Å². The van der Waals surface area contributed by atoms with Gasteiger partial charge in [0.2, 0.25) is 5.91 Å². The molecule has 0 bridgehead atoms. The molecular weight excluding hydrogens is 306 g/mol. The van der Waals surface area contributed by atoms with E-state index in [1.165, 1.54) is 16.2 Å². The molecule has 0 N–H and O–H groups in total. The summed E-state index contributed by atoms with van der Waals surface area (Å²) in [5.74, 6) is 0.558. The molecule has 3 rings (SSSR count). The first kappa shape index (κ1) is 16.7. The maximum absolute atomic E-state index is 12.4. The molecule has 1 unspecified atom stereocenters. The summed E-state index contributed by atoms with van der Waals surface area (Å²) in [5.41, 5.74) is 2.59. The second-order valence-corrected chi connectivity index (χ2v) is 7.37. The van der Waals surface area contributed by atoms with Crippen molar-refractivity contribution in [1.82, 2.24) is 9.91 Å². The highest BCUT2D eigenvalue weighted by atomic mass is 32.1. The SMILES string of the molecule is CCN(CC)CCCCN1N=C2c3sccc3CCC2CC1=O. The average Bonchev–Trinajstić information content (AvgIpc) is 3.04.